The Morgan fingerprint density at radius 3 is 2.15 bits per heavy atom. The highest BCUT2D eigenvalue weighted by Gasteiger charge is 2.34. The molecule has 2 nitrogen and oxygen atoms in total. The van der Waals surface area contributed by atoms with Crippen LogP contribution in [0.15, 0.2) is 42.5 Å². The smallest absolute Gasteiger partial charge is 0.419 e. The molecule has 0 amide bonds. The van der Waals surface area contributed by atoms with Gasteiger partial charge in [-0.25, -0.2) is 0 Å². The van der Waals surface area contributed by atoms with Crippen LogP contribution in [-0.4, -0.2) is 7.11 Å². The van der Waals surface area contributed by atoms with Gasteiger partial charge in [0.1, 0.15) is 17.2 Å². The maximum absolute atomic E-state index is 12.9. The van der Waals surface area contributed by atoms with E-state index in [4.69, 9.17) is 9.47 Å². The fourth-order valence-electron chi connectivity index (χ4n) is 1.64. The molecule has 0 spiro atoms. The monoisotopic (exact) mass is 394 g/mol. The highest BCUT2D eigenvalue weighted by Crippen LogP contribution is 2.40. The van der Waals surface area contributed by atoms with Crippen molar-refractivity contribution in [2.24, 2.45) is 0 Å². The number of benzene rings is 2. The van der Waals surface area contributed by atoms with Crippen molar-refractivity contribution in [1.82, 2.24) is 0 Å². The third kappa shape index (κ3) is 3.17. The van der Waals surface area contributed by atoms with E-state index in [2.05, 4.69) is 0 Å². The van der Waals surface area contributed by atoms with Crippen LogP contribution in [0.3, 0.4) is 0 Å². The Labute approximate surface area is 127 Å². The topological polar surface area (TPSA) is 18.5 Å². The minimum absolute atomic E-state index is 0.230. The van der Waals surface area contributed by atoms with Crippen LogP contribution in [0, 0.1) is 3.57 Å². The van der Waals surface area contributed by atoms with Gasteiger partial charge in [0, 0.05) is 0 Å². The van der Waals surface area contributed by atoms with Crippen molar-refractivity contribution in [3.05, 3.63) is 51.6 Å². The predicted molar refractivity (Wildman–Crippen MR) is 77.2 cm³/mol. The van der Waals surface area contributed by atoms with Gasteiger partial charge in [0.25, 0.3) is 0 Å². The van der Waals surface area contributed by atoms with E-state index in [1.54, 1.807) is 18.2 Å². The second-order valence-electron chi connectivity index (χ2n) is 3.87. The fraction of sp³-hybridized carbons (Fsp3) is 0.143. The molecule has 0 aliphatic rings. The summed E-state index contributed by atoms with van der Waals surface area (Å²) in [5.41, 5.74) is -0.807. The Kier molecular flexibility index (Phi) is 4.42. The summed E-state index contributed by atoms with van der Waals surface area (Å²) in [6.07, 6.45) is -4.46. The molecule has 6 heteroatoms. The zero-order valence-corrected chi connectivity index (χ0v) is 12.5. The molecule has 20 heavy (non-hydrogen) atoms. The van der Waals surface area contributed by atoms with Gasteiger partial charge in [-0.2, -0.15) is 13.2 Å². The molecule has 2 rings (SSSR count). The van der Waals surface area contributed by atoms with Crippen molar-refractivity contribution in [2.45, 2.75) is 6.18 Å². The molecule has 0 aliphatic heterocycles. The van der Waals surface area contributed by atoms with E-state index >= 15 is 0 Å². The Hall–Kier alpha value is -1.44. The number of hydrogen-bond acceptors (Lipinski definition) is 2. The lowest BCUT2D eigenvalue weighted by Crippen LogP contribution is -2.07. The molecule has 0 atom stereocenters. The third-order valence-electron chi connectivity index (χ3n) is 2.56. The summed E-state index contributed by atoms with van der Waals surface area (Å²) in [7, 11) is 1.49. The van der Waals surface area contributed by atoms with Crippen molar-refractivity contribution >= 4 is 22.6 Å². The lowest BCUT2D eigenvalue weighted by Gasteiger charge is -2.15. The molecule has 0 aromatic heterocycles. The molecule has 0 radical (unpaired) electrons. The highest BCUT2D eigenvalue weighted by molar-refractivity contribution is 14.1. The molecular formula is C14H10F3IO2. The zero-order valence-electron chi connectivity index (χ0n) is 10.4. The van der Waals surface area contributed by atoms with Crippen LogP contribution in [0.1, 0.15) is 5.56 Å². The van der Waals surface area contributed by atoms with Crippen LogP contribution in [0.5, 0.6) is 17.2 Å². The van der Waals surface area contributed by atoms with E-state index in [9.17, 15) is 13.2 Å². The first-order valence-corrected chi connectivity index (χ1v) is 6.68. The molecular weight excluding hydrogens is 384 g/mol. The van der Waals surface area contributed by atoms with Gasteiger partial charge in [0.2, 0.25) is 0 Å². The lowest BCUT2D eigenvalue weighted by atomic mass is 10.2. The largest absolute Gasteiger partial charge is 0.496 e. The molecule has 0 bridgehead atoms. The quantitative estimate of drug-likeness (QED) is 0.674. The molecule has 0 saturated carbocycles. The van der Waals surface area contributed by atoms with Crippen molar-refractivity contribution in [2.75, 3.05) is 7.11 Å². The molecule has 0 fully saturated rings. The average molecular weight is 394 g/mol. The van der Waals surface area contributed by atoms with Crippen LogP contribution in [0.2, 0.25) is 0 Å². The Bertz CT molecular complexity index is 612. The summed E-state index contributed by atoms with van der Waals surface area (Å²) in [6.45, 7) is 0. The lowest BCUT2D eigenvalue weighted by molar-refractivity contribution is -0.138. The summed E-state index contributed by atoms with van der Waals surface area (Å²) in [4.78, 5) is 0. The standard InChI is InChI=1S/C14H10F3IO2/c1-19-11-7-4-8-12(13(11)18)20-10-6-3-2-5-9(10)14(15,16)17/h2-8H,1H3. The first-order chi connectivity index (χ1) is 9.43. The molecule has 2 aromatic rings. The van der Waals surface area contributed by atoms with Gasteiger partial charge >= 0.3 is 6.18 Å². The van der Waals surface area contributed by atoms with Gasteiger partial charge < -0.3 is 9.47 Å². The molecule has 0 heterocycles. The number of hydrogen-bond donors (Lipinski definition) is 0. The van der Waals surface area contributed by atoms with Gasteiger partial charge in [-0.3, -0.25) is 0 Å². The summed E-state index contributed by atoms with van der Waals surface area (Å²) < 4.78 is 49.8. The number of methoxy groups -OCH3 is 1. The Morgan fingerprint density at radius 2 is 1.50 bits per heavy atom. The number of ether oxygens (including phenoxy) is 2. The van der Waals surface area contributed by atoms with Gasteiger partial charge in [0.05, 0.1) is 16.2 Å². The molecule has 0 aliphatic carbocycles. The second-order valence-corrected chi connectivity index (χ2v) is 4.95. The van der Waals surface area contributed by atoms with Crippen molar-refractivity contribution in [1.29, 1.82) is 0 Å². The van der Waals surface area contributed by atoms with Gasteiger partial charge in [-0.1, -0.05) is 18.2 Å². The zero-order chi connectivity index (χ0) is 14.8. The maximum atomic E-state index is 12.9. The van der Waals surface area contributed by atoms with E-state index in [0.29, 0.717) is 15.1 Å². The normalized spacial score (nSPS) is 11.2. The number of rotatable bonds is 3. The summed E-state index contributed by atoms with van der Waals surface area (Å²) >= 11 is 1.97. The van der Waals surface area contributed by atoms with E-state index in [1.807, 2.05) is 22.6 Å². The SMILES string of the molecule is COc1cccc(Oc2ccccc2C(F)(F)F)c1I. The molecule has 0 N–H and O–H groups in total. The minimum atomic E-state index is -4.46. The molecule has 0 unspecified atom stereocenters. The van der Waals surface area contributed by atoms with Gasteiger partial charge in [0.15, 0.2) is 0 Å². The first kappa shape index (κ1) is 15.0. The van der Waals surface area contributed by atoms with Crippen molar-refractivity contribution in [3.63, 3.8) is 0 Å². The van der Waals surface area contributed by atoms with E-state index in [1.165, 1.54) is 25.3 Å². The van der Waals surface area contributed by atoms with E-state index in [0.717, 1.165) is 6.07 Å². The maximum Gasteiger partial charge on any atom is 0.419 e. The first-order valence-electron chi connectivity index (χ1n) is 5.60. The van der Waals surface area contributed by atoms with E-state index < -0.39 is 11.7 Å². The van der Waals surface area contributed by atoms with Crippen molar-refractivity contribution < 1.29 is 22.6 Å². The molecule has 106 valence electrons. The van der Waals surface area contributed by atoms with Crippen molar-refractivity contribution in [3.8, 4) is 17.2 Å². The minimum Gasteiger partial charge on any atom is -0.496 e. The average Bonchev–Trinajstić information content (AvgIpc) is 2.40. The van der Waals surface area contributed by atoms with E-state index in [-0.39, 0.29) is 5.75 Å². The van der Waals surface area contributed by atoms with Crippen LogP contribution in [0.4, 0.5) is 13.2 Å². The van der Waals surface area contributed by atoms with Crippen LogP contribution < -0.4 is 9.47 Å². The second kappa shape index (κ2) is 5.90. The Balaban J connectivity index is 2.41. The summed E-state index contributed by atoms with van der Waals surface area (Å²) in [6, 6.07) is 10.1. The molecule has 2 aromatic carbocycles. The van der Waals surface area contributed by atoms with Crippen LogP contribution in [0.25, 0.3) is 0 Å². The van der Waals surface area contributed by atoms with Crippen LogP contribution in [-0.2, 0) is 6.18 Å². The van der Waals surface area contributed by atoms with Gasteiger partial charge in [-0.15, -0.1) is 0 Å². The Morgan fingerprint density at radius 1 is 0.900 bits per heavy atom. The van der Waals surface area contributed by atoms with Gasteiger partial charge in [-0.05, 0) is 46.9 Å². The number of para-hydroxylation sites is 1. The predicted octanol–water partition coefficient (Wildman–Crippen LogP) is 5.11. The number of halogens is 4. The third-order valence-corrected chi connectivity index (χ3v) is 3.62. The summed E-state index contributed by atoms with van der Waals surface area (Å²) in [5, 5.41) is 0. The summed E-state index contributed by atoms with van der Waals surface area (Å²) in [5.74, 6) is 0.639. The van der Waals surface area contributed by atoms with Crippen LogP contribution >= 0.6 is 22.6 Å². The fourth-order valence-corrected chi connectivity index (χ4v) is 2.33. The molecule has 0 saturated heterocycles. The number of alkyl halides is 3. The highest BCUT2D eigenvalue weighted by atomic mass is 127.